The van der Waals surface area contributed by atoms with E-state index in [2.05, 4.69) is 16.4 Å². The van der Waals surface area contributed by atoms with E-state index in [0.717, 1.165) is 11.1 Å². The largest absolute Gasteiger partial charge is 0.490 e. The average Bonchev–Trinajstić information content (AvgIpc) is 3.11. The van der Waals surface area contributed by atoms with E-state index in [1.54, 1.807) is 54.7 Å². The lowest BCUT2D eigenvalue weighted by Gasteiger charge is -2.28. The molecular weight excluding hydrogens is 456 g/mol. The highest BCUT2D eigenvalue weighted by Gasteiger charge is 2.40. The molecule has 8 nitrogen and oxygen atoms in total. The van der Waals surface area contributed by atoms with Gasteiger partial charge in [-0.05, 0) is 59.9 Å². The van der Waals surface area contributed by atoms with Gasteiger partial charge in [-0.25, -0.2) is 4.98 Å². The number of nitrogens with one attached hydrogen (secondary N) is 1. The number of nitrogens with zero attached hydrogens (tertiary/aromatic N) is 3. The van der Waals surface area contributed by atoms with E-state index in [1.807, 2.05) is 19.9 Å². The molecule has 0 bridgehead atoms. The minimum Gasteiger partial charge on any atom is -0.490 e. The number of anilines is 1. The van der Waals surface area contributed by atoms with Gasteiger partial charge in [-0.1, -0.05) is 32.0 Å². The highest BCUT2D eigenvalue weighted by atomic mass is 16.5. The van der Waals surface area contributed by atoms with E-state index in [9.17, 15) is 19.6 Å². The Kier molecular flexibility index (Phi) is 7.11. The second-order valence-corrected chi connectivity index (χ2v) is 9.05. The average molecular weight is 483 g/mol. The summed E-state index contributed by atoms with van der Waals surface area (Å²) < 4.78 is 6.03. The number of hydrogen-bond acceptors (Lipinski definition) is 6. The number of hydrogen-bond donors (Lipinski definition) is 1. The molecule has 1 N–H and O–H groups in total. The number of carbonyl (C=O) groups is 3. The van der Waals surface area contributed by atoms with Crippen LogP contribution < -0.4 is 10.1 Å². The maximum Gasteiger partial charge on any atom is 0.261 e. The monoisotopic (exact) mass is 482 g/mol. The van der Waals surface area contributed by atoms with Crippen LogP contribution in [0.3, 0.4) is 0 Å². The molecule has 36 heavy (non-hydrogen) atoms. The third-order valence-electron chi connectivity index (χ3n) is 5.86. The van der Waals surface area contributed by atoms with E-state index in [0.29, 0.717) is 34.7 Å². The van der Waals surface area contributed by atoms with Crippen molar-refractivity contribution in [2.24, 2.45) is 5.92 Å². The topological polar surface area (TPSA) is 112 Å². The van der Waals surface area contributed by atoms with Crippen molar-refractivity contribution in [1.29, 1.82) is 5.26 Å². The molecule has 4 rings (SSSR count). The van der Waals surface area contributed by atoms with E-state index in [1.165, 1.54) is 11.8 Å². The Hall–Kier alpha value is -4.51. The van der Waals surface area contributed by atoms with Gasteiger partial charge in [0.2, 0.25) is 5.91 Å². The van der Waals surface area contributed by atoms with E-state index >= 15 is 0 Å². The molecular formula is C28H26N4O4. The molecule has 0 radical (unpaired) electrons. The third-order valence-corrected chi connectivity index (χ3v) is 5.86. The zero-order valence-corrected chi connectivity index (χ0v) is 20.3. The Balaban J connectivity index is 1.56. The molecule has 0 spiro atoms. The molecule has 1 unspecified atom stereocenters. The van der Waals surface area contributed by atoms with Crippen LogP contribution in [0.1, 0.15) is 53.5 Å². The lowest BCUT2D eigenvalue weighted by atomic mass is 10.0. The SMILES string of the molecule is CC(=O)Nc1cc(-c2ccc(OCC(CC(C)C)N3C(=O)c4ccccc4C3=O)c(C#N)c2)ccn1. The number of nitriles is 1. The van der Waals surface area contributed by atoms with Crippen LogP contribution in [0.4, 0.5) is 5.82 Å². The Morgan fingerprint density at radius 1 is 1.06 bits per heavy atom. The summed E-state index contributed by atoms with van der Waals surface area (Å²) in [6.45, 7) is 5.51. The standard InChI is InChI=1S/C28H26N4O4/c1-17(2)12-22(32-27(34)23-6-4-5-7-24(23)28(32)35)16-36-25-9-8-19(13-21(25)15-29)20-10-11-30-26(14-20)31-18(3)33/h4-11,13-14,17,22H,12,16H2,1-3H3,(H,30,31,33). The van der Waals surface area contributed by atoms with Gasteiger partial charge in [-0.3, -0.25) is 19.3 Å². The van der Waals surface area contributed by atoms with Crippen molar-refractivity contribution >= 4 is 23.5 Å². The Labute approximate surface area is 209 Å². The van der Waals surface area contributed by atoms with Crippen molar-refractivity contribution in [1.82, 2.24) is 9.88 Å². The van der Waals surface area contributed by atoms with Crippen LogP contribution in [-0.4, -0.2) is 40.3 Å². The summed E-state index contributed by atoms with van der Waals surface area (Å²) in [5.41, 5.74) is 2.65. The molecule has 3 aromatic rings. The Morgan fingerprint density at radius 2 is 1.72 bits per heavy atom. The fourth-order valence-electron chi connectivity index (χ4n) is 4.30. The molecule has 0 saturated carbocycles. The number of aromatic nitrogens is 1. The van der Waals surface area contributed by atoms with E-state index in [-0.39, 0.29) is 30.2 Å². The number of benzene rings is 2. The van der Waals surface area contributed by atoms with Crippen LogP contribution in [-0.2, 0) is 4.79 Å². The molecule has 1 aliphatic heterocycles. The molecule has 2 heterocycles. The number of imide groups is 1. The Bertz CT molecular complexity index is 1340. The molecule has 1 aliphatic rings. The van der Waals surface area contributed by atoms with Gasteiger partial charge in [-0.15, -0.1) is 0 Å². The fourth-order valence-corrected chi connectivity index (χ4v) is 4.30. The smallest absolute Gasteiger partial charge is 0.261 e. The fraction of sp³-hybridized carbons (Fsp3) is 0.250. The van der Waals surface area contributed by atoms with Crippen molar-refractivity contribution in [3.63, 3.8) is 0 Å². The first-order valence-corrected chi connectivity index (χ1v) is 11.7. The molecule has 8 heteroatoms. The zero-order chi connectivity index (χ0) is 25.8. The highest BCUT2D eigenvalue weighted by molar-refractivity contribution is 6.21. The van der Waals surface area contributed by atoms with Crippen molar-refractivity contribution in [2.75, 3.05) is 11.9 Å². The van der Waals surface area contributed by atoms with Crippen molar-refractivity contribution < 1.29 is 19.1 Å². The number of fused-ring (bicyclic) bond motifs is 1. The van der Waals surface area contributed by atoms with Crippen LogP contribution in [0.15, 0.2) is 60.8 Å². The lowest BCUT2D eigenvalue weighted by Crippen LogP contribution is -2.44. The van der Waals surface area contributed by atoms with Crippen LogP contribution in [0, 0.1) is 17.2 Å². The molecule has 182 valence electrons. The summed E-state index contributed by atoms with van der Waals surface area (Å²) in [7, 11) is 0. The van der Waals surface area contributed by atoms with Crippen LogP contribution in [0.25, 0.3) is 11.1 Å². The summed E-state index contributed by atoms with van der Waals surface area (Å²) in [6, 6.07) is 17.2. The van der Waals surface area contributed by atoms with Gasteiger partial charge in [0, 0.05) is 13.1 Å². The first-order chi connectivity index (χ1) is 17.3. The minimum absolute atomic E-state index is 0.0691. The number of ether oxygens (including phenoxy) is 1. The number of pyridine rings is 1. The molecule has 0 aliphatic carbocycles. The van der Waals surface area contributed by atoms with Gasteiger partial charge >= 0.3 is 0 Å². The molecule has 1 atom stereocenters. The van der Waals surface area contributed by atoms with Crippen LogP contribution in [0.5, 0.6) is 5.75 Å². The molecule has 0 fully saturated rings. The molecule has 0 saturated heterocycles. The third kappa shape index (κ3) is 5.10. The van der Waals surface area contributed by atoms with Gasteiger partial charge in [0.05, 0.1) is 22.7 Å². The van der Waals surface area contributed by atoms with E-state index < -0.39 is 6.04 Å². The second-order valence-electron chi connectivity index (χ2n) is 9.05. The lowest BCUT2D eigenvalue weighted by molar-refractivity contribution is -0.114. The normalized spacial score (nSPS) is 13.4. The molecule has 3 amide bonds. The van der Waals surface area contributed by atoms with Gasteiger partial charge in [0.1, 0.15) is 24.2 Å². The summed E-state index contributed by atoms with van der Waals surface area (Å²) >= 11 is 0. The van der Waals surface area contributed by atoms with Gasteiger partial charge in [0.25, 0.3) is 11.8 Å². The number of carbonyl (C=O) groups excluding carboxylic acids is 3. The highest BCUT2D eigenvalue weighted by Crippen LogP contribution is 2.30. The molecule has 1 aromatic heterocycles. The van der Waals surface area contributed by atoms with Gasteiger partial charge in [-0.2, -0.15) is 5.26 Å². The summed E-state index contributed by atoms with van der Waals surface area (Å²) in [6.07, 6.45) is 2.14. The first kappa shape index (κ1) is 24.6. The first-order valence-electron chi connectivity index (χ1n) is 11.7. The van der Waals surface area contributed by atoms with Gasteiger partial charge in [0.15, 0.2) is 0 Å². The summed E-state index contributed by atoms with van der Waals surface area (Å²) in [5.74, 6) is 0.112. The van der Waals surface area contributed by atoms with Gasteiger partial charge < -0.3 is 10.1 Å². The maximum atomic E-state index is 13.0. The van der Waals surface area contributed by atoms with E-state index in [4.69, 9.17) is 4.74 Å². The van der Waals surface area contributed by atoms with Crippen molar-refractivity contribution in [3.8, 4) is 22.9 Å². The molecule has 2 aromatic carbocycles. The summed E-state index contributed by atoms with van der Waals surface area (Å²) in [4.78, 5) is 42.8. The van der Waals surface area contributed by atoms with Crippen LogP contribution in [0.2, 0.25) is 0 Å². The quantitative estimate of drug-likeness (QED) is 0.467. The minimum atomic E-state index is -0.482. The Morgan fingerprint density at radius 3 is 2.33 bits per heavy atom. The summed E-state index contributed by atoms with van der Waals surface area (Å²) in [5, 5.41) is 12.4. The maximum absolute atomic E-state index is 13.0. The predicted octanol–water partition coefficient (Wildman–Crippen LogP) is 4.67. The second kappa shape index (κ2) is 10.4. The number of amides is 3. The van der Waals surface area contributed by atoms with Crippen molar-refractivity contribution in [3.05, 3.63) is 77.5 Å². The zero-order valence-electron chi connectivity index (χ0n) is 20.3. The predicted molar refractivity (Wildman–Crippen MR) is 134 cm³/mol. The van der Waals surface area contributed by atoms with Crippen molar-refractivity contribution in [2.45, 2.75) is 33.2 Å². The number of rotatable bonds is 8. The van der Waals surface area contributed by atoms with Crippen LogP contribution >= 0.6 is 0 Å².